The first-order valence-electron chi connectivity index (χ1n) is 11.0. The summed E-state index contributed by atoms with van der Waals surface area (Å²) in [4.78, 5) is 5.16. The molecule has 8 nitrogen and oxygen atoms in total. The average molecular weight is 432 g/mol. The number of sulfone groups is 1. The van der Waals surface area contributed by atoms with Crippen molar-refractivity contribution >= 4 is 21.5 Å². The number of benzene rings is 1. The molecule has 0 spiro atoms. The lowest BCUT2D eigenvalue weighted by Gasteiger charge is -2.26. The number of ether oxygens (including phenoxy) is 1. The number of rotatable bonds is 7. The summed E-state index contributed by atoms with van der Waals surface area (Å²) < 4.78 is 30.8. The lowest BCUT2D eigenvalue weighted by atomic mass is 9.99. The van der Waals surface area contributed by atoms with Gasteiger partial charge in [0.25, 0.3) is 0 Å². The Morgan fingerprint density at radius 2 is 1.73 bits per heavy atom. The molecule has 1 aromatic carbocycles. The van der Waals surface area contributed by atoms with Gasteiger partial charge >= 0.3 is 0 Å². The van der Waals surface area contributed by atoms with Crippen molar-refractivity contribution < 1.29 is 13.2 Å². The number of nitrogens with zero attached hydrogens (tertiary/aromatic N) is 3. The van der Waals surface area contributed by atoms with Crippen LogP contribution in [-0.4, -0.2) is 67.1 Å². The number of aryl methyl sites for hydroxylation is 2. The molecule has 0 saturated carbocycles. The van der Waals surface area contributed by atoms with Crippen LogP contribution >= 0.6 is 0 Å². The van der Waals surface area contributed by atoms with Crippen LogP contribution in [0.15, 0.2) is 11.2 Å². The number of hydrogen-bond donors (Lipinski definition) is 2. The predicted octanol–water partition coefficient (Wildman–Crippen LogP) is 2.02. The fourth-order valence-corrected chi connectivity index (χ4v) is 6.05. The Bertz CT molecular complexity index is 995. The van der Waals surface area contributed by atoms with E-state index in [0.29, 0.717) is 12.4 Å². The molecule has 0 amide bonds. The summed E-state index contributed by atoms with van der Waals surface area (Å²) in [6.07, 6.45) is 7.29. The molecule has 0 radical (unpaired) electrons. The van der Waals surface area contributed by atoms with Crippen LogP contribution in [-0.2, 0) is 40.3 Å². The van der Waals surface area contributed by atoms with E-state index in [0.717, 1.165) is 64.2 Å². The largest absolute Gasteiger partial charge is 0.379 e. The highest BCUT2D eigenvalue weighted by Gasteiger charge is 2.26. The number of H-pyrrole nitrogens is 1. The van der Waals surface area contributed by atoms with E-state index in [-0.39, 0.29) is 10.9 Å². The molecular weight excluding hydrogens is 402 g/mol. The maximum atomic E-state index is 12.7. The third-order valence-corrected chi connectivity index (χ3v) is 8.07. The van der Waals surface area contributed by atoms with Gasteiger partial charge in [0.2, 0.25) is 20.9 Å². The van der Waals surface area contributed by atoms with Crippen molar-refractivity contribution in [1.29, 1.82) is 0 Å². The first kappa shape index (κ1) is 20.0. The zero-order chi connectivity index (χ0) is 20.6. The van der Waals surface area contributed by atoms with Gasteiger partial charge in [0.15, 0.2) is 0 Å². The third-order valence-electron chi connectivity index (χ3n) is 6.47. The van der Waals surface area contributed by atoms with E-state index in [9.17, 15) is 8.42 Å². The molecule has 162 valence electrons. The van der Waals surface area contributed by atoms with Crippen molar-refractivity contribution in [3.63, 3.8) is 0 Å². The van der Waals surface area contributed by atoms with Gasteiger partial charge in [-0.15, -0.1) is 10.2 Å². The molecule has 1 aliphatic heterocycles. The minimum Gasteiger partial charge on any atom is -0.379 e. The van der Waals surface area contributed by atoms with Crippen LogP contribution in [0.1, 0.15) is 41.5 Å². The number of aromatic amines is 1. The quantitative estimate of drug-likeness (QED) is 0.692. The smallest absolute Gasteiger partial charge is 0.248 e. The summed E-state index contributed by atoms with van der Waals surface area (Å²) >= 11 is 0. The fourth-order valence-electron chi connectivity index (χ4n) is 4.93. The average Bonchev–Trinajstić information content (AvgIpc) is 3.49. The highest BCUT2D eigenvalue weighted by molar-refractivity contribution is 7.91. The van der Waals surface area contributed by atoms with E-state index in [2.05, 4.69) is 31.5 Å². The summed E-state index contributed by atoms with van der Waals surface area (Å²) in [6.45, 7) is 3.92. The van der Waals surface area contributed by atoms with E-state index in [1.54, 1.807) is 0 Å². The first-order valence-corrected chi connectivity index (χ1v) is 12.6. The van der Waals surface area contributed by atoms with Gasteiger partial charge in [-0.3, -0.25) is 9.88 Å². The first-order chi connectivity index (χ1) is 14.6. The minimum absolute atomic E-state index is 0.0452. The van der Waals surface area contributed by atoms with E-state index in [1.165, 1.54) is 35.1 Å². The Morgan fingerprint density at radius 3 is 2.43 bits per heavy atom. The van der Waals surface area contributed by atoms with Crippen LogP contribution in [0.25, 0.3) is 0 Å². The summed E-state index contributed by atoms with van der Waals surface area (Å²) in [5.41, 5.74) is 6.70. The zero-order valence-electron chi connectivity index (χ0n) is 17.2. The molecule has 0 atom stereocenters. The molecule has 2 N–H and O–H groups in total. The second-order valence-corrected chi connectivity index (χ2v) is 10.5. The molecule has 9 heteroatoms. The van der Waals surface area contributed by atoms with Gasteiger partial charge in [0, 0.05) is 18.8 Å². The van der Waals surface area contributed by atoms with Crippen LogP contribution in [0.5, 0.6) is 0 Å². The number of fused-ring (bicyclic) bond motifs is 2. The maximum absolute atomic E-state index is 12.7. The molecule has 2 aromatic rings. The fraction of sp³-hybridized carbons (Fsp3) is 0.619. The van der Waals surface area contributed by atoms with Crippen molar-refractivity contribution in [2.45, 2.75) is 50.1 Å². The molecule has 1 aromatic heterocycles. The summed E-state index contributed by atoms with van der Waals surface area (Å²) in [5, 5.41) is 11.4. The second kappa shape index (κ2) is 8.28. The van der Waals surface area contributed by atoms with Gasteiger partial charge in [-0.05, 0) is 73.7 Å². The third kappa shape index (κ3) is 3.98. The molecule has 2 heterocycles. The van der Waals surface area contributed by atoms with Crippen molar-refractivity contribution in [3.8, 4) is 0 Å². The molecule has 0 bridgehead atoms. The number of morpholine rings is 1. The molecule has 1 fully saturated rings. The number of hydrogen-bond acceptors (Lipinski definition) is 7. The molecule has 0 unspecified atom stereocenters. The van der Waals surface area contributed by atoms with Gasteiger partial charge in [0.05, 0.1) is 19.0 Å². The molecule has 5 rings (SSSR count). The standard InChI is InChI=1S/C21H29N5O3S/c27-30(28,13-3-8-26-9-11-29-12-10-26)21-23-20(24-25-21)22-19-17-6-1-4-15(17)14-16-5-2-7-18(16)19/h14H,1-13H2,(H2,22,23,24,25). The molecular formula is C21H29N5O3S. The zero-order valence-corrected chi connectivity index (χ0v) is 18.1. The Morgan fingerprint density at radius 1 is 1.03 bits per heavy atom. The van der Waals surface area contributed by atoms with E-state index >= 15 is 0 Å². The van der Waals surface area contributed by atoms with Gasteiger partial charge in [-0.2, -0.15) is 0 Å². The number of nitrogens with one attached hydrogen (secondary N) is 2. The summed E-state index contributed by atoms with van der Waals surface area (Å²) in [6, 6.07) is 2.38. The van der Waals surface area contributed by atoms with Crippen molar-refractivity contribution in [1.82, 2.24) is 20.1 Å². The molecule has 30 heavy (non-hydrogen) atoms. The Hall–Kier alpha value is -1.97. The van der Waals surface area contributed by atoms with Crippen molar-refractivity contribution in [2.75, 3.05) is 43.9 Å². The number of aromatic nitrogens is 3. The van der Waals surface area contributed by atoms with Crippen LogP contribution in [0.4, 0.5) is 11.6 Å². The Kier molecular flexibility index (Phi) is 5.51. The van der Waals surface area contributed by atoms with Crippen LogP contribution in [0.2, 0.25) is 0 Å². The highest BCUT2D eigenvalue weighted by Crippen LogP contribution is 2.39. The van der Waals surface area contributed by atoms with E-state index in [1.807, 2.05) is 0 Å². The lowest BCUT2D eigenvalue weighted by Crippen LogP contribution is -2.37. The molecule has 3 aliphatic rings. The van der Waals surface area contributed by atoms with Gasteiger partial charge in [-0.1, -0.05) is 6.07 Å². The Labute approximate surface area is 177 Å². The molecule has 2 aliphatic carbocycles. The van der Waals surface area contributed by atoms with Crippen molar-refractivity contribution in [2.24, 2.45) is 0 Å². The summed E-state index contributed by atoms with van der Waals surface area (Å²) in [7, 11) is -3.48. The maximum Gasteiger partial charge on any atom is 0.248 e. The van der Waals surface area contributed by atoms with Crippen LogP contribution in [0.3, 0.4) is 0 Å². The molecule has 1 saturated heterocycles. The SMILES string of the molecule is O=S(=O)(CCCN1CCOCC1)c1nnc(Nc2c3c(cc4c2CCC4)CCC3)[nH]1. The lowest BCUT2D eigenvalue weighted by molar-refractivity contribution is 0.0381. The summed E-state index contributed by atoms with van der Waals surface area (Å²) in [5.74, 6) is 0.478. The topological polar surface area (TPSA) is 100 Å². The normalized spacial score (nSPS) is 19.1. The van der Waals surface area contributed by atoms with Crippen LogP contribution in [0, 0.1) is 0 Å². The van der Waals surface area contributed by atoms with E-state index in [4.69, 9.17) is 4.74 Å². The highest BCUT2D eigenvalue weighted by atomic mass is 32.2. The second-order valence-electron chi connectivity index (χ2n) is 8.46. The van der Waals surface area contributed by atoms with Crippen LogP contribution < -0.4 is 5.32 Å². The minimum atomic E-state index is -3.48. The van der Waals surface area contributed by atoms with Gasteiger partial charge in [0.1, 0.15) is 0 Å². The number of anilines is 2. The Balaban J connectivity index is 1.28. The van der Waals surface area contributed by atoms with E-state index < -0.39 is 9.84 Å². The predicted molar refractivity (Wildman–Crippen MR) is 114 cm³/mol. The van der Waals surface area contributed by atoms with Gasteiger partial charge in [-0.25, -0.2) is 8.42 Å². The van der Waals surface area contributed by atoms with Gasteiger partial charge < -0.3 is 10.1 Å². The monoisotopic (exact) mass is 431 g/mol. The van der Waals surface area contributed by atoms with Crippen molar-refractivity contribution in [3.05, 3.63) is 28.3 Å².